The van der Waals surface area contributed by atoms with E-state index in [9.17, 15) is 9.59 Å². The Kier molecular flexibility index (Phi) is 10.8. The molecule has 0 spiro atoms. The van der Waals surface area contributed by atoms with Crippen LogP contribution in [0.15, 0.2) is 103 Å². The molecule has 2 aromatic carbocycles. The molecule has 0 unspecified atom stereocenters. The molecule has 8 aromatic rings. The van der Waals surface area contributed by atoms with Crippen LogP contribution in [0.2, 0.25) is 0 Å². The van der Waals surface area contributed by atoms with Crippen LogP contribution in [0.5, 0.6) is 0 Å². The van der Waals surface area contributed by atoms with E-state index in [0.29, 0.717) is 46.1 Å². The van der Waals surface area contributed by atoms with Crippen molar-refractivity contribution >= 4 is 66.4 Å². The van der Waals surface area contributed by atoms with E-state index < -0.39 is 5.97 Å². The predicted molar refractivity (Wildman–Crippen MR) is 204 cm³/mol. The van der Waals surface area contributed by atoms with Gasteiger partial charge < -0.3 is 25.2 Å². The Morgan fingerprint density at radius 1 is 0.717 bits per heavy atom. The second kappa shape index (κ2) is 15.6. The zero-order valence-corrected chi connectivity index (χ0v) is 31.7. The van der Waals surface area contributed by atoms with Crippen molar-refractivity contribution in [3.05, 3.63) is 129 Å². The number of aryl methyl sites for hydroxylation is 4. The lowest BCUT2D eigenvalue weighted by atomic mass is 10.1. The first kappa shape index (κ1) is 36.6. The normalized spacial score (nSPS) is 10.8. The van der Waals surface area contributed by atoms with Gasteiger partial charge in [0.15, 0.2) is 5.69 Å². The fourth-order valence-electron chi connectivity index (χ4n) is 4.93. The molecule has 0 aliphatic rings. The number of rotatable bonds is 5. The van der Waals surface area contributed by atoms with Gasteiger partial charge in [0.25, 0.3) is 5.91 Å². The lowest BCUT2D eigenvalue weighted by Gasteiger charge is -2.09. The second-order valence-corrected chi connectivity index (χ2v) is 13.4. The van der Waals surface area contributed by atoms with Gasteiger partial charge in [-0.05, 0) is 93.2 Å². The van der Waals surface area contributed by atoms with Gasteiger partial charge in [-0.2, -0.15) is 9.97 Å². The number of anilines is 2. The van der Waals surface area contributed by atoms with E-state index in [1.165, 1.54) is 10.6 Å². The van der Waals surface area contributed by atoms with Crippen LogP contribution in [0, 0.1) is 27.7 Å². The number of aromatic nitrogens is 8. The number of amides is 1. The number of nitrogens with two attached hydrogens (primary N) is 1. The fourth-order valence-corrected chi connectivity index (χ4v) is 5.60. The summed E-state index contributed by atoms with van der Waals surface area (Å²) in [7, 11) is 0. The maximum Gasteiger partial charge on any atom is 0.354 e. The van der Waals surface area contributed by atoms with E-state index in [-0.39, 0.29) is 11.6 Å². The number of halogens is 2. The Hall–Kier alpha value is -6.20. The van der Waals surface area contributed by atoms with Gasteiger partial charge in [0.05, 0.1) is 12.4 Å². The predicted octanol–water partition coefficient (Wildman–Crippen LogP) is 7.75. The van der Waals surface area contributed by atoms with Crippen molar-refractivity contribution in [3.8, 4) is 22.8 Å². The van der Waals surface area contributed by atoms with E-state index in [1.807, 2.05) is 74.6 Å². The molecule has 17 heteroatoms. The van der Waals surface area contributed by atoms with Gasteiger partial charge in [-0.25, -0.2) is 14.8 Å². The van der Waals surface area contributed by atoms with Crippen molar-refractivity contribution in [2.24, 2.45) is 0 Å². The molecule has 6 aromatic heterocycles. The zero-order valence-electron chi connectivity index (χ0n) is 28.6. The number of nitrogens with one attached hydrogen (secondary N) is 1. The van der Waals surface area contributed by atoms with Crippen LogP contribution >= 0.6 is 31.9 Å². The van der Waals surface area contributed by atoms with Gasteiger partial charge >= 0.3 is 5.97 Å². The molecule has 4 N–H and O–H groups in total. The summed E-state index contributed by atoms with van der Waals surface area (Å²) >= 11 is 6.67. The number of nitrogen functional groups attached to an aromatic ring is 1. The van der Waals surface area contributed by atoms with Crippen LogP contribution in [0.1, 0.15) is 43.9 Å². The molecule has 15 nitrogen and oxygen atoms in total. The number of carboxylic acids is 1. The molecule has 0 aliphatic heterocycles. The summed E-state index contributed by atoms with van der Waals surface area (Å²) in [4.78, 5) is 40.0. The minimum Gasteiger partial charge on any atom is -0.477 e. The van der Waals surface area contributed by atoms with Crippen molar-refractivity contribution in [3.63, 3.8) is 0 Å². The maximum atomic E-state index is 12.8. The number of fused-ring (bicyclic) bond motifs is 2. The van der Waals surface area contributed by atoms with Crippen molar-refractivity contribution in [1.29, 1.82) is 0 Å². The van der Waals surface area contributed by atoms with Crippen molar-refractivity contribution in [2.75, 3.05) is 11.1 Å². The number of nitrogens with zero attached hydrogens (tertiary/aromatic N) is 8. The monoisotopic (exact) mass is 840 g/mol. The number of hydrogen-bond acceptors (Lipinski definition) is 11. The molecule has 0 bridgehead atoms. The Bertz CT molecular complexity index is 2610. The number of benzene rings is 2. The molecule has 53 heavy (non-hydrogen) atoms. The molecule has 0 saturated carbocycles. The molecule has 6 heterocycles. The van der Waals surface area contributed by atoms with E-state index in [4.69, 9.17) is 19.9 Å². The minimum absolute atomic E-state index is 0.163. The molecule has 268 valence electrons. The Morgan fingerprint density at radius 2 is 1.23 bits per heavy atom. The number of aromatic carboxylic acids is 1. The SMILES string of the molecule is Cc1nc(-c2ccc(C)c(N)c2)no1.Cc1nc(-c2ccc(C)c(NC(=O)c3cnc4ccc(Br)cn34)c2)no1.O=C(O)c1cnc2ccc(Br)cn12. The third-order valence-electron chi connectivity index (χ3n) is 7.73. The lowest BCUT2D eigenvalue weighted by molar-refractivity contribution is 0.0689. The molecule has 8 rings (SSSR count). The quantitative estimate of drug-likeness (QED) is 0.142. The van der Waals surface area contributed by atoms with Crippen molar-refractivity contribution < 1.29 is 23.7 Å². The van der Waals surface area contributed by atoms with Crippen LogP contribution in [0.25, 0.3) is 34.1 Å². The average Bonchev–Trinajstić information content (AvgIpc) is 3.94. The number of pyridine rings is 2. The Balaban J connectivity index is 0.000000150. The Morgan fingerprint density at radius 3 is 1.74 bits per heavy atom. The van der Waals surface area contributed by atoms with Gasteiger partial charge in [-0.3, -0.25) is 13.6 Å². The minimum atomic E-state index is -0.981. The average molecular weight is 843 g/mol. The van der Waals surface area contributed by atoms with Crippen molar-refractivity contribution in [2.45, 2.75) is 27.7 Å². The van der Waals surface area contributed by atoms with Gasteiger partial charge in [-0.1, -0.05) is 34.6 Å². The van der Waals surface area contributed by atoms with Crippen LogP contribution in [-0.2, 0) is 0 Å². The molecule has 0 radical (unpaired) electrons. The third kappa shape index (κ3) is 8.48. The summed E-state index contributed by atoms with van der Waals surface area (Å²) in [5.41, 5.74) is 12.8. The van der Waals surface area contributed by atoms with Crippen LogP contribution in [-0.4, -0.2) is 56.0 Å². The highest BCUT2D eigenvalue weighted by Crippen LogP contribution is 2.25. The van der Waals surface area contributed by atoms with Gasteiger partial charge in [0.2, 0.25) is 23.4 Å². The number of carbonyl (C=O) groups excluding carboxylic acids is 1. The molecule has 0 atom stereocenters. The van der Waals surface area contributed by atoms with Gasteiger partial charge in [0, 0.05) is 57.7 Å². The zero-order chi connectivity index (χ0) is 37.8. The van der Waals surface area contributed by atoms with E-state index in [2.05, 4.69) is 67.4 Å². The third-order valence-corrected chi connectivity index (χ3v) is 8.67. The fraction of sp³-hybridized carbons (Fsp3) is 0.111. The van der Waals surface area contributed by atoms with Crippen LogP contribution in [0.3, 0.4) is 0 Å². The summed E-state index contributed by atoms with van der Waals surface area (Å²) in [6, 6.07) is 18.6. The summed E-state index contributed by atoms with van der Waals surface area (Å²) in [5.74, 6) is 0.873. The standard InChI is InChI=1S/C18H14BrN5O2.C10H11N3O.C8H5BrN2O2/c1-10-3-4-12(17-21-11(2)26-23-17)7-14(10)22-18(25)15-8-20-16-6-5-13(19)9-24(15)16;1-6-3-4-8(5-9(6)11)10-12-7(2)14-13-10;9-5-1-2-7-10-3-6(8(12)13)11(7)4-5/h3-9H,1-2H3,(H,22,25);3-5H,11H2,1-2H3;1-4H,(H,12,13). The highest BCUT2D eigenvalue weighted by molar-refractivity contribution is 9.10. The largest absolute Gasteiger partial charge is 0.477 e. The summed E-state index contributed by atoms with van der Waals surface area (Å²) in [6.45, 7) is 7.37. The number of carboxylic acid groups (broad SMARTS) is 1. The molecule has 0 saturated heterocycles. The number of imidazole rings is 2. The molecular weight excluding hydrogens is 812 g/mol. The highest BCUT2D eigenvalue weighted by atomic mass is 79.9. The van der Waals surface area contributed by atoms with Crippen LogP contribution in [0.4, 0.5) is 11.4 Å². The smallest absolute Gasteiger partial charge is 0.354 e. The van der Waals surface area contributed by atoms with Gasteiger partial charge in [-0.15, -0.1) is 0 Å². The summed E-state index contributed by atoms with van der Waals surface area (Å²) < 4.78 is 14.9. The topological polar surface area (TPSA) is 205 Å². The molecule has 0 fully saturated rings. The van der Waals surface area contributed by atoms with Crippen molar-refractivity contribution in [1.82, 2.24) is 39.1 Å². The summed E-state index contributed by atoms with van der Waals surface area (Å²) in [6.07, 6.45) is 6.37. The number of carbonyl (C=O) groups is 2. The summed E-state index contributed by atoms with van der Waals surface area (Å²) in [5, 5.41) is 19.5. The Labute approximate surface area is 318 Å². The van der Waals surface area contributed by atoms with Crippen LogP contribution < -0.4 is 11.1 Å². The first-order chi connectivity index (χ1) is 25.4. The first-order valence-corrected chi connectivity index (χ1v) is 17.3. The first-order valence-electron chi connectivity index (χ1n) is 15.7. The van der Waals surface area contributed by atoms with E-state index >= 15 is 0 Å². The molecule has 1 amide bonds. The van der Waals surface area contributed by atoms with E-state index in [0.717, 1.165) is 36.9 Å². The second-order valence-electron chi connectivity index (χ2n) is 11.6. The lowest BCUT2D eigenvalue weighted by Crippen LogP contribution is -2.15. The molecule has 0 aliphatic carbocycles. The van der Waals surface area contributed by atoms with Gasteiger partial charge in [0.1, 0.15) is 17.0 Å². The number of hydrogen-bond donors (Lipinski definition) is 3. The maximum absolute atomic E-state index is 12.8. The molecular formula is C36H30Br2N10O5. The highest BCUT2D eigenvalue weighted by Gasteiger charge is 2.15. The van der Waals surface area contributed by atoms with E-state index in [1.54, 1.807) is 36.7 Å².